The first-order valence-corrected chi connectivity index (χ1v) is 10.1. The first kappa shape index (κ1) is 16.9. The molecule has 0 saturated heterocycles. The first-order valence-electron chi connectivity index (χ1n) is 8.27. The van der Waals surface area contributed by atoms with E-state index in [0.717, 1.165) is 18.7 Å². The Labute approximate surface area is 158 Å². The Balaban J connectivity index is 1.54. The topological polar surface area (TPSA) is 49.4 Å². The quantitative estimate of drug-likeness (QED) is 0.700. The number of para-hydroxylation sites is 1. The summed E-state index contributed by atoms with van der Waals surface area (Å²) in [5.41, 5.74) is 4.11. The van der Waals surface area contributed by atoms with Gasteiger partial charge in [-0.1, -0.05) is 29.8 Å². The van der Waals surface area contributed by atoms with Crippen LogP contribution in [0, 0.1) is 0 Å². The van der Waals surface area contributed by atoms with Gasteiger partial charge in [-0.15, -0.1) is 0 Å². The third kappa shape index (κ3) is 3.28. The second-order valence-electron chi connectivity index (χ2n) is 6.14. The van der Waals surface area contributed by atoms with Gasteiger partial charge in [0.1, 0.15) is 0 Å². The van der Waals surface area contributed by atoms with Crippen molar-refractivity contribution in [3.05, 3.63) is 83.4 Å². The molecule has 0 fully saturated rings. The molecule has 0 saturated carbocycles. The molecular formula is C20H17ClN2O2S. The van der Waals surface area contributed by atoms with Gasteiger partial charge in [0.05, 0.1) is 4.90 Å². The summed E-state index contributed by atoms with van der Waals surface area (Å²) in [6, 6.07) is 21.9. The molecule has 26 heavy (non-hydrogen) atoms. The maximum absolute atomic E-state index is 12.5. The lowest BCUT2D eigenvalue weighted by atomic mass is 10.2. The van der Waals surface area contributed by atoms with Crippen molar-refractivity contribution < 1.29 is 8.42 Å². The van der Waals surface area contributed by atoms with Gasteiger partial charge in [0.2, 0.25) is 0 Å². The molecule has 0 aliphatic carbocycles. The van der Waals surface area contributed by atoms with Crippen molar-refractivity contribution in [1.29, 1.82) is 0 Å². The van der Waals surface area contributed by atoms with E-state index < -0.39 is 10.0 Å². The maximum Gasteiger partial charge on any atom is 0.261 e. The molecule has 0 radical (unpaired) electrons. The number of anilines is 3. The number of nitrogens with one attached hydrogen (secondary N) is 1. The summed E-state index contributed by atoms with van der Waals surface area (Å²) in [6.07, 6.45) is 1.02. The van der Waals surface area contributed by atoms with Crippen molar-refractivity contribution in [3.63, 3.8) is 0 Å². The molecule has 1 aliphatic rings. The van der Waals surface area contributed by atoms with Crippen LogP contribution in [0.2, 0.25) is 5.02 Å². The number of rotatable bonds is 4. The predicted molar refractivity (Wildman–Crippen MR) is 106 cm³/mol. The number of hydrogen-bond donors (Lipinski definition) is 1. The molecule has 3 aromatic carbocycles. The van der Waals surface area contributed by atoms with Crippen molar-refractivity contribution in [2.45, 2.75) is 11.3 Å². The van der Waals surface area contributed by atoms with E-state index in [1.807, 2.05) is 18.2 Å². The molecule has 1 N–H and O–H groups in total. The molecule has 0 aromatic heterocycles. The number of benzene rings is 3. The van der Waals surface area contributed by atoms with Gasteiger partial charge in [0.25, 0.3) is 10.0 Å². The van der Waals surface area contributed by atoms with Crippen molar-refractivity contribution in [1.82, 2.24) is 0 Å². The van der Waals surface area contributed by atoms with Gasteiger partial charge >= 0.3 is 0 Å². The van der Waals surface area contributed by atoms with Gasteiger partial charge in [-0.3, -0.25) is 4.72 Å². The third-order valence-corrected chi connectivity index (χ3v) is 6.09. The Hall–Kier alpha value is -2.50. The van der Waals surface area contributed by atoms with E-state index in [1.54, 1.807) is 24.3 Å². The van der Waals surface area contributed by atoms with Crippen LogP contribution in [0.3, 0.4) is 0 Å². The van der Waals surface area contributed by atoms with Gasteiger partial charge in [0.15, 0.2) is 0 Å². The lowest BCUT2D eigenvalue weighted by molar-refractivity contribution is 0.601. The molecule has 0 unspecified atom stereocenters. The van der Waals surface area contributed by atoms with Crippen LogP contribution in [0.5, 0.6) is 0 Å². The van der Waals surface area contributed by atoms with Gasteiger partial charge in [-0.2, -0.15) is 0 Å². The fourth-order valence-corrected chi connectivity index (χ4v) is 4.33. The molecule has 1 heterocycles. The Morgan fingerprint density at radius 1 is 0.885 bits per heavy atom. The minimum absolute atomic E-state index is 0.180. The fourth-order valence-electron chi connectivity index (χ4n) is 3.14. The van der Waals surface area contributed by atoms with Gasteiger partial charge in [-0.05, 0) is 66.6 Å². The normalized spacial score (nSPS) is 13.5. The number of fused-ring (bicyclic) bond motifs is 1. The fraction of sp³-hybridized carbons (Fsp3) is 0.100. The van der Waals surface area contributed by atoms with E-state index in [2.05, 4.69) is 27.8 Å². The molecular weight excluding hydrogens is 368 g/mol. The summed E-state index contributed by atoms with van der Waals surface area (Å²) >= 11 is 5.82. The zero-order valence-corrected chi connectivity index (χ0v) is 15.5. The molecule has 0 bridgehead atoms. The maximum atomic E-state index is 12.5. The Morgan fingerprint density at radius 3 is 2.31 bits per heavy atom. The number of nitrogens with zero attached hydrogens (tertiary/aromatic N) is 1. The van der Waals surface area contributed by atoms with E-state index in [9.17, 15) is 8.42 Å². The number of halogens is 1. The van der Waals surface area contributed by atoms with Crippen molar-refractivity contribution in [2.24, 2.45) is 0 Å². The molecule has 1 aliphatic heterocycles. The highest BCUT2D eigenvalue weighted by Gasteiger charge is 2.20. The molecule has 0 atom stereocenters. The van der Waals surface area contributed by atoms with E-state index in [4.69, 9.17) is 11.6 Å². The highest BCUT2D eigenvalue weighted by Crippen LogP contribution is 2.34. The zero-order chi connectivity index (χ0) is 18.1. The van der Waals surface area contributed by atoms with E-state index in [0.29, 0.717) is 10.7 Å². The van der Waals surface area contributed by atoms with Gasteiger partial charge < -0.3 is 4.90 Å². The highest BCUT2D eigenvalue weighted by atomic mass is 35.5. The summed E-state index contributed by atoms with van der Waals surface area (Å²) in [5, 5.41) is 0.499. The van der Waals surface area contributed by atoms with Crippen LogP contribution >= 0.6 is 11.6 Å². The lowest BCUT2D eigenvalue weighted by Crippen LogP contribution is -2.14. The van der Waals surface area contributed by atoms with Gasteiger partial charge in [0, 0.05) is 28.6 Å². The van der Waals surface area contributed by atoms with Crippen LogP contribution in [0.4, 0.5) is 17.1 Å². The average molecular weight is 385 g/mol. The zero-order valence-electron chi connectivity index (χ0n) is 13.9. The van der Waals surface area contributed by atoms with Gasteiger partial charge in [-0.25, -0.2) is 8.42 Å². The second kappa shape index (κ2) is 6.67. The van der Waals surface area contributed by atoms with Crippen LogP contribution in [0.1, 0.15) is 5.56 Å². The van der Waals surface area contributed by atoms with Crippen LogP contribution < -0.4 is 9.62 Å². The molecule has 3 aromatic rings. The molecule has 0 amide bonds. The molecule has 6 heteroatoms. The first-order chi connectivity index (χ1) is 12.5. The minimum atomic E-state index is -3.63. The minimum Gasteiger partial charge on any atom is -0.341 e. The number of hydrogen-bond acceptors (Lipinski definition) is 3. The summed E-state index contributed by atoms with van der Waals surface area (Å²) in [4.78, 5) is 2.42. The van der Waals surface area contributed by atoms with E-state index in [1.165, 1.54) is 23.4 Å². The molecule has 4 rings (SSSR count). The Bertz CT molecular complexity index is 1030. The summed E-state index contributed by atoms with van der Waals surface area (Å²) in [6.45, 7) is 0.926. The highest BCUT2D eigenvalue weighted by molar-refractivity contribution is 7.92. The largest absolute Gasteiger partial charge is 0.341 e. The summed E-state index contributed by atoms with van der Waals surface area (Å²) in [5.74, 6) is 0. The Morgan fingerprint density at radius 2 is 1.58 bits per heavy atom. The van der Waals surface area contributed by atoms with Crippen LogP contribution in [-0.4, -0.2) is 15.0 Å². The van der Waals surface area contributed by atoms with E-state index in [-0.39, 0.29) is 4.90 Å². The van der Waals surface area contributed by atoms with Crippen LogP contribution in [0.25, 0.3) is 0 Å². The van der Waals surface area contributed by atoms with Crippen molar-refractivity contribution in [3.8, 4) is 0 Å². The lowest BCUT2D eigenvalue weighted by Gasteiger charge is -2.20. The standard InChI is InChI=1S/C20H17ClN2O2S/c21-16-5-11-19(12-6-16)26(24,25)22-17-7-9-18(10-8-17)23-14-13-15-3-1-2-4-20(15)23/h1-12,22H,13-14H2. The molecule has 132 valence electrons. The predicted octanol–water partition coefficient (Wildman–Crippen LogP) is 4.84. The van der Waals surface area contributed by atoms with Crippen molar-refractivity contribution in [2.75, 3.05) is 16.2 Å². The monoisotopic (exact) mass is 384 g/mol. The molecule has 4 nitrogen and oxygen atoms in total. The Kier molecular flexibility index (Phi) is 4.34. The smallest absolute Gasteiger partial charge is 0.261 e. The van der Waals surface area contributed by atoms with Crippen LogP contribution in [0.15, 0.2) is 77.7 Å². The average Bonchev–Trinajstić information content (AvgIpc) is 3.07. The summed E-state index contributed by atoms with van der Waals surface area (Å²) in [7, 11) is -3.63. The van der Waals surface area contributed by atoms with Crippen molar-refractivity contribution >= 4 is 38.7 Å². The SMILES string of the molecule is O=S(=O)(Nc1ccc(N2CCc3ccccc32)cc1)c1ccc(Cl)cc1. The second-order valence-corrected chi connectivity index (χ2v) is 8.26. The summed E-state index contributed by atoms with van der Waals surface area (Å²) < 4.78 is 27.5. The van der Waals surface area contributed by atoms with E-state index >= 15 is 0 Å². The third-order valence-electron chi connectivity index (χ3n) is 4.44. The molecule has 0 spiro atoms. The number of sulfonamides is 1. The van der Waals surface area contributed by atoms with Crippen LogP contribution in [-0.2, 0) is 16.4 Å².